The number of carboxylic acid groups (broad SMARTS) is 1. The molecule has 9 heteroatoms. The average Bonchev–Trinajstić information content (AvgIpc) is 3.43. The fraction of sp³-hybridized carbons (Fsp3) is 0.240. The van der Waals surface area contributed by atoms with Gasteiger partial charge in [-0.05, 0) is 37.1 Å². The zero-order valence-electron chi connectivity index (χ0n) is 18.8. The molecule has 0 unspecified atom stereocenters. The van der Waals surface area contributed by atoms with Crippen molar-refractivity contribution in [3.05, 3.63) is 64.6 Å². The van der Waals surface area contributed by atoms with Gasteiger partial charge >= 0.3 is 5.97 Å². The highest BCUT2D eigenvalue weighted by Gasteiger charge is 2.22. The number of ether oxygens (including phenoxy) is 2. The lowest BCUT2D eigenvalue weighted by molar-refractivity contribution is 0.0695. The Labute approximate surface area is 201 Å². The Bertz CT molecular complexity index is 1420. The summed E-state index contributed by atoms with van der Waals surface area (Å²) in [5.41, 5.74) is 4.64. The highest BCUT2D eigenvalue weighted by Crippen LogP contribution is 2.44. The first-order valence-electron chi connectivity index (χ1n) is 11.0. The van der Waals surface area contributed by atoms with Gasteiger partial charge in [-0.1, -0.05) is 24.6 Å². The number of carboxylic acids is 1. The molecule has 1 aliphatic rings. The summed E-state index contributed by atoms with van der Waals surface area (Å²) in [6, 6.07) is 11.0. The summed E-state index contributed by atoms with van der Waals surface area (Å²) in [7, 11) is 0. The Hall–Kier alpha value is -3.78. The van der Waals surface area contributed by atoms with Gasteiger partial charge in [0.1, 0.15) is 12.1 Å². The molecule has 0 saturated carbocycles. The Morgan fingerprint density at radius 3 is 2.85 bits per heavy atom. The predicted octanol–water partition coefficient (Wildman–Crippen LogP) is 5.16. The van der Waals surface area contributed by atoms with Crippen LogP contribution in [0.25, 0.3) is 22.2 Å². The minimum atomic E-state index is -0.926. The van der Waals surface area contributed by atoms with Crippen molar-refractivity contribution in [3.63, 3.8) is 0 Å². The fourth-order valence-electron chi connectivity index (χ4n) is 4.35. The lowest BCUT2D eigenvalue weighted by Crippen LogP contribution is -2.12. The van der Waals surface area contributed by atoms with Gasteiger partial charge in [0.15, 0.2) is 11.5 Å². The summed E-state index contributed by atoms with van der Waals surface area (Å²) >= 11 is 6.56. The van der Waals surface area contributed by atoms with Crippen LogP contribution in [-0.4, -0.2) is 38.9 Å². The van der Waals surface area contributed by atoms with Crippen LogP contribution in [0.3, 0.4) is 0 Å². The second kappa shape index (κ2) is 8.87. The van der Waals surface area contributed by atoms with E-state index in [0.29, 0.717) is 41.7 Å². The van der Waals surface area contributed by atoms with E-state index in [1.165, 1.54) is 6.33 Å². The standard InChI is InChI=1S/C25H23ClN4O4/c1-3-15-9-16(4-5-17(15)25(31)32)20-11-22(29-12-28-20)27-6-7-30-14(2)8-18-23(30)19(26)10-21-24(18)34-13-33-21/h4-5,8-12H,3,6-7,13H2,1-2H3,(H,31,32)(H,27,28,29). The molecule has 2 aromatic heterocycles. The number of nitrogens with zero attached hydrogens (tertiary/aromatic N) is 3. The molecule has 0 radical (unpaired) electrons. The molecular weight excluding hydrogens is 456 g/mol. The Balaban J connectivity index is 1.35. The third kappa shape index (κ3) is 3.90. The van der Waals surface area contributed by atoms with Gasteiger partial charge in [-0.3, -0.25) is 0 Å². The van der Waals surface area contributed by atoms with Crippen LogP contribution < -0.4 is 14.8 Å². The summed E-state index contributed by atoms with van der Waals surface area (Å²) in [5, 5.41) is 14.3. The molecule has 0 saturated heterocycles. The van der Waals surface area contributed by atoms with Crippen LogP contribution >= 0.6 is 11.6 Å². The van der Waals surface area contributed by atoms with E-state index < -0.39 is 5.97 Å². The summed E-state index contributed by atoms with van der Waals surface area (Å²) in [6.45, 7) is 5.45. The maximum Gasteiger partial charge on any atom is 0.335 e. The van der Waals surface area contributed by atoms with Gasteiger partial charge in [0.05, 0.1) is 21.8 Å². The Kier molecular flexibility index (Phi) is 5.75. The van der Waals surface area contributed by atoms with E-state index in [-0.39, 0.29) is 6.79 Å². The third-order valence-corrected chi connectivity index (χ3v) is 6.28. The summed E-state index contributed by atoms with van der Waals surface area (Å²) in [4.78, 5) is 20.1. The van der Waals surface area contributed by atoms with E-state index in [4.69, 9.17) is 21.1 Å². The van der Waals surface area contributed by atoms with Crippen LogP contribution in [0.2, 0.25) is 5.02 Å². The molecule has 2 N–H and O–H groups in total. The van der Waals surface area contributed by atoms with E-state index in [0.717, 1.165) is 39.2 Å². The number of carbonyl (C=O) groups is 1. The molecule has 4 aromatic rings. The Morgan fingerprint density at radius 2 is 2.06 bits per heavy atom. The van der Waals surface area contributed by atoms with Crippen LogP contribution in [0.15, 0.2) is 42.7 Å². The van der Waals surface area contributed by atoms with Crippen molar-refractivity contribution in [2.75, 3.05) is 18.7 Å². The SMILES string of the molecule is CCc1cc(-c2cc(NCCn3c(C)cc4c5c(cc(Cl)c43)OCO5)ncn2)ccc1C(=O)O. The molecule has 8 nitrogen and oxygen atoms in total. The number of fused-ring (bicyclic) bond motifs is 3. The number of aromatic nitrogens is 3. The second-order valence-electron chi connectivity index (χ2n) is 8.04. The molecule has 0 aliphatic carbocycles. The van der Waals surface area contributed by atoms with Crippen molar-refractivity contribution >= 4 is 34.3 Å². The van der Waals surface area contributed by atoms with Crippen LogP contribution in [0, 0.1) is 6.92 Å². The quantitative estimate of drug-likeness (QED) is 0.378. The Morgan fingerprint density at radius 1 is 1.21 bits per heavy atom. The van der Waals surface area contributed by atoms with E-state index in [1.807, 2.05) is 26.0 Å². The lowest BCUT2D eigenvalue weighted by Gasteiger charge is -2.12. The fourth-order valence-corrected chi connectivity index (χ4v) is 4.65. The summed E-state index contributed by atoms with van der Waals surface area (Å²) in [6.07, 6.45) is 2.13. The molecule has 5 rings (SSSR count). The van der Waals surface area contributed by atoms with Gasteiger partial charge in [0.25, 0.3) is 0 Å². The molecule has 174 valence electrons. The first-order chi connectivity index (χ1) is 16.5. The molecular formula is C25H23ClN4O4. The molecule has 0 amide bonds. The molecule has 0 bridgehead atoms. The molecule has 2 aromatic carbocycles. The maximum atomic E-state index is 11.4. The molecule has 0 fully saturated rings. The highest BCUT2D eigenvalue weighted by molar-refractivity contribution is 6.35. The van der Waals surface area contributed by atoms with E-state index in [1.54, 1.807) is 18.2 Å². The molecule has 34 heavy (non-hydrogen) atoms. The van der Waals surface area contributed by atoms with Gasteiger partial charge in [0.2, 0.25) is 6.79 Å². The van der Waals surface area contributed by atoms with Crippen molar-refractivity contribution in [1.29, 1.82) is 0 Å². The van der Waals surface area contributed by atoms with Crippen LogP contribution in [0.5, 0.6) is 11.5 Å². The first-order valence-corrected chi connectivity index (χ1v) is 11.3. The number of hydrogen-bond donors (Lipinski definition) is 2. The average molecular weight is 479 g/mol. The second-order valence-corrected chi connectivity index (χ2v) is 8.44. The number of aryl methyl sites for hydroxylation is 2. The van der Waals surface area contributed by atoms with Crippen molar-refractivity contribution in [2.24, 2.45) is 0 Å². The normalized spacial score (nSPS) is 12.3. The maximum absolute atomic E-state index is 11.4. The number of benzene rings is 2. The van der Waals surface area contributed by atoms with Crippen molar-refractivity contribution in [2.45, 2.75) is 26.8 Å². The third-order valence-electron chi connectivity index (χ3n) is 6.00. The number of anilines is 1. The largest absolute Gasteiger partial charge is 0.478 e. The van der Waals surface area contributed by atoms with Crippen molar-refractivity contribution in [3.8, 4) is 22.8 Å². The number of halogens is 1. The zero-order valence-corrected chi connectivity index (χ0v) is 19.5. The van der Waals surface area contributed by atoms with Gasteiger partial charge in [-0.25, -0.2) is 14.8 Å². The number of aromatic carboxylic acids is 1. The lowest BCUT2D eigenvalue weighted by atomic mass is 10.0. The van der Waals surface area contributed by atoms with Crippen LogP contribution in [-0.2, 0) is 13.0 Å². The van der Waals surface area contributed by atoms with Gasteiger partial charge < -0.3 is 24.5 Å². The number of hydrogen-bond acceptors (Lipinski definition) is 6. The monoisotopic (exact) mass is 478 g/mol. The first kappa shape index (κ1) is 22.0. The minimum Gasteiger partial charge on any atom is -0.478 e. The summed E-state index contributed by atoms with van der Waals surface area (Å²) in [5.74, 6) is 1.16. The van der Waals surface area contributed by atoms with Gasteiger partial charge in [-0.15, -0.1) is 0 Å². The summed E-state index contributed by atoms with van der Waals surface area (Å²) < 4.78 is 13.3. The zero-order chi connectivity index (χ0) is 23.8. The van der Waals surface area contributed by atoms with Crippen LogP contribution in [0.4, 0.5) is 5.82 Å². The van der Waals surface area contributed by atoms with Crippen molar-refractivity contribution in [1.82, 2.24) is 14.5 Å². The molecule has 1 aliphatic heterocycles. The number of rotatable bonds is 7. The molecule has 0 atom stereocenters. The molecule has 0 spiro atoms. The highest BCUT2D eigenvalue weighted by atomic mass is 35.5. The van der Waals surface area contributed by atoms with Crippen molar-refractivity contribution < 1.29 is 19.4 Å². The molecule has 3 heterocycles. The minimum absolute atomic E-state index is 0.200. The van der Waals surface area contributed by atoms with Gasteiger partial charge in [-0.2, -0.15) is 0 Å². The predicted molar refractivity (Wildman–Crippen MR) is 130 cm³/mol. The topological polar surface area (TPSA) is 98.5 Å². The van der Waals surface area contributed by atoms with E-state index in [9.17, 15) is 9.90 Å². The number of nitrogens with one attached hydrogen (secondary N) is 1. The van der Waals surface area contributed by atoms with E-state index in [2.05, 4.69) is 25.9 Å². The smallest absolute Gasteiger partial charge is 0.335 e. The van der Waals surface area contributed by atoms with E-state index >= 15 is 0 Å². The van der Waals surface area contributed by atoms with Crippen LogP contribution in [0.1, 0.15) is 28.5 Å². The van der Waals surface area contributed by atoms with Gasteiger partial charge in [0, 0.05) is 41.9 Å².